The summed E-state index contributed by atoms with van der Waals surface area (Å²) < 4.78 is 5.78. The van der Waals surface area contributed by atoms with Crippen molar-refractivity contribution < 1.29 is 9.21 Å². The van der Waals surface area contributed by atoms with Crippen molar-refractivity contribution in [3.05, 3.63) is 82.7 Å². The maximum Gasteiger partial charge on any atom is 0.301 e. The van der Waals surface area contributed by atoms with E-state index in [1.807, 2.05) is 54.6 Å². The van der Waals surface area contributed by atoms with E-state index < -0.39 is 0 Å². The van der Waals surface area contributed by atoms with Gasteiger partial charge in [-0.2, -0.15) is 0 Å². The molecular weight excluding hydrogens is 384 g/mol. The van der Waals surface area contributed by atoms with Gasteiger partial charge in [-0.15, -0.1) is 0 Å². The molecule has 1 unspecified atom stereocenters. The van der Waals surface area contributed by atoms with Crippen LogP contribution in [0.4, 0.5) is 6.01 Å². The molecule has 0 saturated heterocycles. The largest absolute Gasteiger partial charge is 0.428 e. The molecular formula is C24H25ClN2O2. The van der Waals surface area contributed by atoms with E-state index in [9.17, 15) is 4.79 Å². The molecule has 150 valence electrons. The van der Waals surface area contributed by atoms with Crippen LogP contribution in [0.5, 0.6) is 0 Å². The van der Waals surface area contributed by atoms with E-state index in [1.54, 1.807) is 6.20 Å². The molecule has 1 amide bonds. The molecule has 4 rings (SSSR count). The standard InChI is InChI=1S/C24H25ClN2O2/c25-21-14-8-7-13-19(21)15-20-16-26-24(29-20)27-23(28)22(17-9-3-1-4-10-17)18-11-5-2-6-12-18/h1,3-4,7-10,13-14,16,18,22H,2,5-6,11-12,15H2,(H,26,27,28). The Morgan fingerprint density at radius 3 is 2.55 bits per heavy atom. The highest BCUT2D eigenvalue weighted by Gasteiger charge is 2.31. The van der Waals surface area contributed by atoms with Crippen LogP contribution in [0.2, 0.25) is 5.02 Å². The molecule has 1 N–H and O–H groups in total. The van der Waals surface area contributed by atoms with Crippen LogP contribution >= 0.6 is 11.6 Å². The minimum Gasteiger partial charge on any atom is -0.428 e. The summed E-state index contributed by atoms with van der Waals surface area (Å²) in [6.45, 7) is 0. The number of hydrogen-bond acceptors (Lipinski definition) is 3. The number of benzene rings is 2. The number of carbonyl (C=O) groups is 1. The Morgan fingerprint density at radius 1 is 1.07 bits per heavy atom. The topological polar surface area (TPSA) is 55.1 Å². The van der Waals surface area contributed by atoms with Gasteiger partial charge in [0.15, 0.2) is 0 Å². The molecule has 1 fully saturated rings. The fourth-order valence-corrected chi connectivity index (χ4v) is 4.43. The van der Waals surface area contributed by atoms with Gasteiger partial charge in [-0.05, 0) is 36.0 Å². The van der Waals surface area contributed by atoms with Gasteiger partial charge in [0, 0.05) is 11.4 Å². The van der Waals surface area contributed by atoms with E-state index in [4.69, 9.17) is 16.0 Å². The highest BCUT2D eigenvalue weighted by molar-refractivity contribution is 6.31. The number of rotatable bonds is 6. The first-order valence-corrected chi connectivity index (χ1v) is 10.6. The first-order chi connectivity index (χ1) is 14.2. The van der Waals surface area contributed by atoms with Crippen molar-refractivity contribution in [1.82, 2.24) is 4.98 Å². The summed E-state index contributed by atoms with van der Waals surface area (Å²) in [6, 6.07) is 17.9. The molecule has 1 heterocycles. The summed E-state index contributed by atoms with van der Waals surface area (Å²) in [5.41, 5.74) is 2.02. The van der Waals surface area contributed by atoms with Crippen molar-refractivity contribution in [3.8, 4) is 0 Å². The zero-order valence-electron chi connectivity index (χ0n) is 16.3. The predicted octanol–water partition coefficient (Wildman–Crippen LogP) is 6.22. The Labute approximate surface area is 176 Å². The molecule has 29 heavy (non-hydrogen) atoms. The Kier molecular flexibility index (Phi) is 6.30. The highest BCUT2D eigenvalue weighted by atomic mass is 35.5. The van der Waals surface area contributed by atoms with Crippen LogP contribution in [0.3, 0.4) is 0 Å². The van der Waals surface area contributed by atoms with Crippen molar-refractivity contribution >= 4 is 23.5 Å². The van der Waals surface area contributed by atoms with Crippen molar-refractivity contribution in [2.75, 3.05) is 5.32 Å². The van der Waals surface area contributed by atoms with E-state index in [1.165, 1.54) is 19.3 Å². The molecule has 1 atom stereocenters. The van der Waals surface area contributed by atoms with Gasteiger partial charge in [-0.25, -0.2) is 4.98 Å². The number of nitrogens with zero attached hydrogens (tertiary/aromatic N) is 1. The lowest BCUT2D eigenvalue weighted by atomic mass is 9.76. The third-order valence-electron chi connectivity index (χ3n) is 5.67. The number of oxazole rings is 1. The summed E-state index contributed by atoms with van der Waals surface area (Å²) in [7, 11) is 0. The summed E-state index contributed by atoms with van der Waals surface area (Å²) >= 11 is 6.23. The lowest BCUT2D eigenvalue weighted by Crippen LogP contribution is -2.29. The van der Waals surface area contributed by atoms with Crippen LogP contribution in [-0.2, 0) is 11.2 Å². The van der Waals surface area contributed by atoms with Gasteiger partial charge in [0.2, 0.25) is 5.91 Å². The van der Waals surface area contributed by atoms with Crippen LogP contribution < -0.4 is 5.32 Å². The van der Waals surface area contributed by atoms with Gasteiger partial charge in [-0.1, -0.05) is 79.4 Å². The van der Waals surface area contributed by atoms with Gasteiger partial charge in [0.1, 0.15) is 5.76 Å². The normalized spacial score (nSPS) is 15.8. The van der Waals surface area contributed by atoms with E-state index in [0.717, 1.165) is 24.0 Å². The molecule has 3 aromatic rings. The van der Waals surface area contributed by atoms with Gasteiger partial charge in [-0.3, -0.25) is 10.1 Å². The van der Waals surface area contributed by atoms with Crippen molar-refractivity contribution in [2.45, 2.75) is 44.4 Å². The van der Waals surface area contributed by atoms with E-state index in [2.05, 4.69) is 10.3 Å². The molecule has 0 bridgehead atoms. The molecule has 1 aromatic heterocycles. The molecule has 5 heteroatoms. The Bertz CT molecular complexity index is 948. The third kappa shape index (κ3) is 4.88. The lowest BCUT2D eigenvalue weighted by Gasteiger charge is -2.29. The highest BCUT2D eigenvalue weighted by Crippen LogP contribution is 2.37. The van der Waals surface area contributed by atoms with Crippen LogP contribution in [0.15, 0.2) is 65.2 Å². The van der Waals surface area contributed by atoms with Crippen molar-refractivity contribution in [3.63, 3.8) is 0 Å². The van der Waals surface area contributed by atoms with Gasteiger partial charge < -0.3 is 4.42 Å². The maximum absolute atomic E-state index is 13.2. The number of anilines is 1. The molecule has 0 aliphatic heterocycles. The minimum absolute atomic E-state index is 0.0470. The minimum atomic E-state index is -0.185. The van der Waals surface area contributed by atoms with Crippen molar-refractivity contribution in [2.24, 2.45) is 5.92 Å². The number of nitrogens with one attached hydrogen (secondary N) is 1. The van der Waals surface area contributed by atoms with Gasteiger partial charge in [0.25, 0.3) is 0 Å². The monoisotopic (exact) mass is 408 g/mol. The summed E-state index contributed by atoms with van der Waals surface area (Å²) in [5, 5.41) is 3.60. The van der Waals surface area contributed by atoms with Crippen LogP contribution in [0, 0.1) is 5.92 Å². The SMILES string of the molecule is O=C(Nc1ncc(Cc2ccccc2Cl)o1)C(c1ccccc1)C1CCCCC1. The smallest absolute Gasteiger partial charge is 0.301 e. The number of aromatic nitrogens is 1. The zero-order valence-corrected chi connectivity index (χ0v) is 17.1. The zero-order chi connectivity index (χ0) is 20.1. The van der Waals surface area contributed by atoms with E-state index >= 15 is 0 Å². The Morgan fingerprint density at radius 2 is 1.79 bits per heavy atom. The maximum atomic E-state index is 13.2. The Hall–Kier alpha value is -2.59. The van der Waals surface area contributed by atoms with Gasteiger partial charge >= 0.3 is 6.01 Å². The molecule has 2 aromatic carbocycles. The average molecular weight is 409 g/mol. The first-order valence-electron chi connectivity index (χ1n) is 10.2. The molecule has 0 radical (unpaired) electrons. The van der Waals surface area contributed by atoms with E-state index in [0.29, 0.717) is 23.1 Å². The van der Waals surface area contributed by atoms with Crippen LogP contribution in [0.25, 0.3) is 0 Å². The molecule has 1 aliphatic carbocycles. The molecule has 4 nitrogen and oxygen atoms in total. The predicted molar refractivity (Wildman–Crippen MR) is 115 cm³/mol. The fourth-order valence-electron chi connectivity index (χ4n) is 4.23. The second kappa shape index (κ2) is 9.27. The quantitative estimate of drug-likeness (QED) is 0.526. The number of halogens is 1. The van der Waals surface area contributed by atoms with Gasteiger partial charge in [0.05, 0.1) is 12.1 Å². The summed E-state index contributed by atoms with van der Waals surface area (Å²) in [6.07, 6.45) is 7.96. The Balaban J connectivity index is 1.49. The summed E-state index contributed by atoms with van der Waals surface area (Å²) in [5.74, 6) is 0.788. The second-order valence-electron chi connectivity index (χ2n) is 7.68. The average Bonchev–Trinajstić information content (AvgIpc) is 3.18. The van der Waals surface area contributed by atoms with E-state index in [-0.39, 0.29) is 17.8 Å². The molecule has 1 aliphatic rings. The fraction of sp³-hybridized carbons (Fsp3) is 0.333. The molecule has 0 spiro atoms. The lowest BCUT2D eigenvalue weighted by molar-refractivity contribution is -0.119. The molecule has 1 saturated carbocycles. The van der Waals surface area contributed by atoms with Crippen molar-refractivity contribution in [1.29, 1.82) is 0 Å². The van der Waals surface area contributed by atoms with Crippen LogP contribution in [-0.4, -0.2) is 10.9 Å². The number of amides is 1. The van der Waals surface area contributed by atoms with Crippen LogP contribution in [0.1, 0.15) is 54.9 Å². The first kappa shape index (κ1) is 19.7. The number of carbonyl (C=O) groups excluding carboxylic acids is 1. The number of hydrogen-bond donors (Lipinski definition) is 1. The second-order valence-corrected chi connectivity index (χ2v) is 8.08. The summed E-state index contributed by atoms with van der Waals surface area (Å²) in [4.78, 5) is 17.5. The third-order valence-corrected chi connectivity index (χ3v) is 6.04.